The summed E-state index contributed by atoms with van der Waals surface area (Å²) in [4.78, 5) is 15.4. The Morgan fingerprint density at radius 2 is 2.39 bits per heavy atom. The first kappa shape index (κ1) is 13.0. The molecule has 2 rings (SSSR count). The van der Waals surface area contributed by atoms with E-state index in [1.807, 2.05) is 0 Å². The van der Waals surface area contributed by atoms with Gasteiger partial charge in [-0.05, 0) is 19.9 Å². The van der Waals surface area contributed by atoms with E-state index in [0.717, 1.165) is 0 Å². The summed E-state index contributed by atoms with van der Waals surface area (Å²) in [6, 6.07) is 1.46. The lowest BCUT2D eigenvalue weighted by molar-refractivity contribution is -0.148. The maximum atomic E-state index is 11.8. The third-order valence-electron chi connectivity index (χ3n) is 3.31. The van der Waals surface area contributed by atoms with Gasteiger partial charge in [-0.1, -0.05) is 0 Å². The van der Waals surface area contributed by atoms with E-state index in [-0.39, 0.29) is 12.2 Å². The fourth-order valence-electron chi connectivity index (χ4n) is 2.14. The van der Waals surface area contributed by atoms with Crippen LogP contribution in [0.15, 0.2) is 17.1 Å². The Kier molecular flexibility index (Phi) is 3.14. The van der Waals surface area contributed by atoms with Gasteiger partial charge in [0.1, 0.15) is 11.9 Å². The molecule has 0 saturated carbocycles. The fourth-order valence-corrected chi connectivity index (χ4v) is 2.14. The van der Waals surface area contributed by atoms with Crippen LogP contribution in [0.3, 0.4) is 0 Å². The van der Waals surface area contributed by atoms with Crippen molar-refractivity contribution in [3.63, 3.8) is 0 Å². The van der Waals surface area contributed by atoms with Crippen LogP contribution in [-0.4, -0.2) is 38.1 Å². The fraction of sp³-hybridized carbons (Fsp3) is 0.636. The van der Waals surface area contributed by atoms with Crippen LogP contribution < -0.4 is 11.4 Å². The van der Waals surface area contributed by atoms with Crippen LogP contribution in [0.4, 0.5) is 5.82 Å². The van der Waals surface area contributed by atoms with Crippen molar-refractivity contribution in [2.24, 2.45) is 0 Å². The molecule has 1 aromatic heterocycles. The number of nitrogen functional groups attached to an aromatic ring is 1. The molecule has 1 aliphatic rings. The molecule has 100 valence electrons. The molecule has 0 unspecified atom stereocenters. The van der Waals surface area contributed by atoms with Crippen molar-refractivity contribution >= 4 is 5.82 Å². The predicted octanol–water partition coefficient (Wildman–Crippen LogP) is -0.971. The molecule has 1 aliphatic heterocycles. The zero-order chi connectivity index (χ0) is 13.5. The Morgan fingerprint density at radius 1 is 1.72 bits per heavy atom. The first-order chi connectivity index (χ1) is 8.34. The molecule has 0 amide bonds. The van der Waals surface area contributed by atoms with Gasteiger partial charge in [-0.15, -0.1) is 0 Å². The Hall–Kier alpha value is -1.44. The molecular formula is C11H17N3O4. The van der Waals surface area contributed by atoms with Crippen LogP contribution in [-0.2, 0) is 10.5 Å². The van der Waals surface area contributed by atoms with Crippen molar-refractivity contribution in [3.05, 3.63) is 22.7 Å². The number of nitrogens with two attached hydrogens (primary N) is 1. The van der Waals surface area contributed by atoms with Crippen LogP contribution in [0.5, 0.6) is 0 Å². The van der Waals surface area contributed by atoms with Gasteiger partial charge in [0, 0.05) is 12.6 Å². The van der Waals surface area contributed by atoms with Crippen molar-refractivity contribution in [1.82, 2.24) is 9.55 Å². The van der Waals surface area contributed by atoms with Gasteiger partial charge in [0.05, 0.1) is 12.2 Å². The van der Waals surface area contributed by atoms with Gasteiger partial charge in [0.15, 0.2) is 5.72 Å². The molecule has 7 nitrogen and oxygen atoms in total. The molecule has 2 heterocycles. The molecule has 1 saturated heterocycles. The Labute approximate surface area is 104 Å². The molecule has 1 aromatic rings. The van der Waals surface area contributed by atoms with Gasteiger partial charge in [-0.3, -0.25) is 4.57 Å². The second-order valence-corrected chi connectivity index (χ2v) is 4.71. The average Bonchev–Trinajstić information content (AvgIpc) is 2.56. The van der Waals surface area contributed by atoms with Crippen molar-refractivity contribution in [2.45, 2.75) is 44.3 Å². The van der Waals surface area contributed by atoms with Crippen molar-refractivity contribution < 1.29 is 14.9 Å². The normalized spacial score (nSPS) is 33.6. The maximum absolute atomic E-state index is 11.8. The van der Waals surface area contributed by atoms with Gasteiger partial charge in [0.2, 0.25) is 0 Å². The number of ether oxygens (including phenoxy) is 1. The number of aliphatic hydroxyl groups is 2. The molecule has 0 aliphatic carbocycles. The Morgan fingerprint density at radius 3 is 2.89 bits per heavy atom. The third-order valence-corrected chi connectivity index (χ3v) is 3.31. The monoisotopic (exact) mass is 255 g/mol. The number of hydrogen-bond acceptors (Lipinski definition) is 6. The van der Waals surface area contributed by atoms with E-state index in [1.54, 1.807) is 13.8 Å². The highest BCUT2D eigenvalue weighted by Crippen LogP contribution is 2.35. The largest absolute Gasteiger partial charge is 0.391 e. The molecule has 7 heteroatoms. The van der Waals surface area contributed by atoms with Crippen LogP contribution in [0.25, 0.3) is 0 Å². The van der Waals surface area contributed by atoms with E-state index in [9.17, 15) is 15.0 Å². The Bertz CT molecular complexity index is 501. The summed E-state index contributed by atoms with van der Waals surface area (Å²) in [5.41, 5.74) is 3.58. The SMILES string of the molecule is C[C@@H](O)[C@@H]1C[C@H](O)[C@](C)(n2ccc(N)nc2=O)O1. The van der Waals surface area contributed by atoms with E-state index in [1.165, 1.54) is 16.8 Å². The van der Waals surface area contributed by atoms with E-state index in [0.29, 0.717) is 0 Å². The molecular weight excluding hydrogens is 238 g/mol. The van der Waals surface area contributed by atoms with Crippen LogP contribution in [0.1, 0.15) is 20.3 Å². The number of rotatable bonds is 2. The third kappa shape index (κ3) is 2.00. The smallest absolute Gasteiger partial charge is 0.351 e. The summed E-state index contributed by atoms with van der Waals surface area (Å²) in [6.07, 6.45) is -0.461. The number of anilines is 1. The molecule has 4 atom stereocenters. The minimum Gasteiger partial charge on any atom is -0.391 e. The van der Waals surface area contributed by atoms with Crippen molar-refractivity contribution in [1.29, 1.82) is 0 Å². The number of aliphatic hydroxyl groups excluding tert-OH is 2. The lowest BCUT2D eigenvalue weighted by Crippen LogP contribution is -2.46. The van der Waals surface area contributed by atoms with Crippen LogP contribution >= 0.6 is 0 Å². The van der Waals surface area contributed by atoms with Crippen LogP contribution in [0, 0.1) is 0 Å². The average molecular weight is 255 g/mol. The molecule has 0 aromatic carbocycles. The van der Waals surface area contributed by atoms with Crippen molar-refractivity contribution in [2.75, 3.05) is 5.73 Å². The molecule has 4 N–H and O–H groups in total. The summed E-state index contributed by atoms with van der Waals surface area (Å²) < 4.78 is 6.80. The first-order valence-corrected chi connectivity index (χ1v) is 5.74. The quantitative estimate of drug-likeness (QED) is 0.627. The van der Waals surface area contributed by atoms with Crippen LogP contribution in [0.2, 0.25) is 0 Å². The van der Waals surface area contributed by atoms with E-state index < -0.39 is 29.7 Å². The minimum absolute atomic E-state index is 0.111. The van der Waals surface area contributed by atoms with Gasteiger partial charge < -0.3 is 20.7 Å². The lowest BCUT2D eigenvalue weighted by Gasteiger charge is -2.30. The highest BCUT2D eigenvalue weighted by Gasteiger charge is 2.47. The molecule has 1 fully saturated rings. The first-order valence-electron chi connectivity index (χ1n) is 5.74. The summed E-state index contributed by atoms with van der Waals surface area (Å²) in [7, 11) is 0. The highest BCUT2D eigenvalue weighted by atomic mass is 16.6. The highest BCUT2D eigenvalue weighted by molar-refractivity contribution is 5.24. The zero-order valence-electron chi connectivity index (χ0n) is 10.3. The summed E-state index contributed by atoms with van der Waals surface area (Å²) >= 11 is 0. The number of hydrogen-bond donors (Lipinski definition) is 3. The van der Waals surface area contributed by atoms with Gasteiger partial charge in [0.25, 0.3) is 0 Å². The number of aromatic nitrogens is 2. The van der Waals surface area contributed by atoms with E-state index in [2.05, 4.69) is 4.98 Å². The Balaban J connectivity index is 2.40. The number of nitrogens with zero attached hydrogens (tertiary/aromatic N) is 2. The zero-order valence-corrected chi connectivity index (χ0v) is 10.3. The van der Waals surface area contributed by atoms with Crippen molar-refractivity contribution in [3.8, 4) is 0 Å². The standard InChI is InChI=1S/C11H17N3O4/c1-6(15)7-5-8(16)11(2,18-7)14-4-3-9(12)13-10(14)17/h3-4,6-8,15-16H,5H2,1-2H3,(H2,12,13,17)/t6-,7+,8+,11-/m1/s1. The summed E-state index contributed by atoms with van der Waals surface area (Å²) in [6.45, 7) is 3.16. The van der Waals surface area contributed by atoms with E-state index in [4.69, 9.17) is 10.5 Å². The molecule has 0 bridgehead atoms. The van der Waals surface area contributed by atoms with Gasteiger partial charge in [-0.2, -0.15) is 4.98 Å². The second-order valence-electron chi connectivity index (χ2n) is 4.71. The minimum atomic E-state index is -1.24. The summed E-state index contributed by atoms with van der Waals surface area (Å²) in [5, 5.41) is 19.6. The predicted molar refractivity (Wildman–Crippen MR) is 63.7 cm³/mol. The van der Waals surface area contributed by atoms with Gasteiger partial charge >= 0.3 is 5.69 Å². The lowest BCUT2D eigenvalue weighted by atomic mass is 10.1. The summed E-state index contributed by atoms with van der Waals surface area (Å²) in [5.74, 6) is 0.111. The van der Waals surface area contributed by atoms with E-state index >= 15 is 0 Å². The maximum Gasteiger partial charge on any atom is 0.351 e. The topological polar surface area (TPSA) is 111 Å². The second kappa shape index (κ2) is 4.34. The van der Waals surface area contributed by atoms with Gasteiger partial charge in [-0.25, -0.2) is 4.79 Å². The molecule has 0 radical (unpaired) electrons. The molecule has 0 spiro atoms. The molecule has 18 heavy (non-hydrogen) atoms.